The highest BCUT2D eigenvalue weighted by Crippen LogP contribution is 2.29. The molecule has 0 aliphatic rings. The van der Waals surface area contributed by atoms with Crippen molar-refractivity contribution in [3.05, 3.63) is 34.9 Å². The second-order valence-corrected chi connectivity index (χ2v) is 4.09. The van der Waals surface area contributed by atoms with Crippen LogP contribution in [0.3, 0.4) is 0 Å². The number of aryl methyl sites for hydroxylation is 2. The number of hydrogen-bond acceptors (Lipinski definition) is 1. The van der Waals surface area contributed by atoms with Crippen LogP contribution in [0, 0.1) is 13.8 Å². The minimum atomic E-state index is -3.48. The van der Waals surface area contributed by atoms with Crippen molar-refractivity contribution < 1.29 is 13.6 Å². The summed E-state index contributed by atoms with van der Waals surface area (Å²) in [7, 11) is 0. The number of alkyl halides is 3. The molecule has 1 aromatic rings. The molecule has 0 heterocycles. The van der Waals surface area contributed by atoms with E-state index in [2.05, 4.69) is 15.9 Å². The van der Waals surface area contributed by atoms with Gasteiger partial charge < -0.3 is 0 Å². The van der Waals surface area contributed by atoms with Gasteiger partial charge in [-0.05, 0) is 40.9 Å². The van der Waals surface area contributed by atoms with Crippen LogP contribution in [0.4, 0.5) is 8.78 Å². The zero-order chi connectivity index (χ0) is 10.9. The molecule has 0 aliphatic heterocycles. The summed E-state index contributed by atoms with van der Waals surface area (Å²) in [6.45, 7) is 3.28. The van der Waals surface area contributed by atoms with Gasteiger partial charge in [-0.1, -0.05) is 18.2 Å². The van der Waals surface area contributed by atoms with Crippen molar-refractivity contribution >= 4 is 21.7 Å². The molecule has 0 aliphatic carbocycles. The summed E-state index contributed by atoms with van der Waals surface area (Å²) >= 11 is 2.07. The molecule has 0 N–H and O–H groups in total. The molecule has 14 heavy (non-hydrogen) atoms. The fourth-order valence-corrected chi connectivity index (χ4v) is 1.51. The van der Waals surface area contributed by atoms with Crippen LogP contribution < -0.4 is 0 Å². The number of ketones is 1. The summed E-state index contributed by atoms with van der Waals surface area (Å²) in [5, 5.41) is 0. The molecular formula is C10H9BrF2O. The average molecular weight is 263 g/mol. The van der Waals surface area contributed by atoms with Gasteiger partial charge in [0.05, 0.1) is 0 Å². The standard InChI is InChI=1S/C10H9BrF2O/c1-6-4-3-5-7(2)8(6)9(14)10(11,12)13/h3-5H,1-2H3. The van der Waals surface area contributed by atoms with Crippen molar-refractivity contribution in [2.75, 3.05) is 0 Å². The molecule has 0 unspecified atom stereocenters. The van der Waals surface area contributed by atoms with Crippen LogP contribution >= 0.6 is 15.9 Å². The molecule has 0 bridgehead atoms. The van der Waals surface area contributed by atoms with Crippen molar-refractivity contribution in [3.8, 4) is 0 Å². The fourth-order valence-electron chi connectivity index (χ4n) is 1.31. The van der Waals surface area contributed by atoms with Crippen LogP contribution in [0.15, 0.2) is 18.2 Å². The summed E-state index contributed by atoms with van der Waals surface area (Å²) < 4.78 is 25.5. The third-order valence-corrected chi connectivity index (χ3v) is 2.33. The van der Waals surface area contributed by atoms with E-state index in [0.717, 1.165) is 0 Å². The Morgan fingerprint density at radius 2 is 1.71 bits per heavy atom. The van der Waals surface area contributed by atoms with E-state index in [-0.39, 0.29) is 5.56 Å². The first kappa shape index (κ1) is 11.3. The zero-order valence-electron chi connectivity index (χ0n) is 7.77. The Labute approximate surface area is 89.3 Å². The Bertz CT molecular complexity index is 349. The second kappa shape index (κ2) is 3.77. The second-order valence-electron chi connectivity index (χ2n) is 3.09. The number of benzene rings is 1. The smallest absolute Gasteiger partial charge is 0.286 e. The minimum absolute atomic E-state index is 0.0920. The summed E-state index contributed by atoms with van der Waals surface area (Å²) in [6, 6.07) is 5.01. The lowest BCUT2D eigenvalue weighted by atomic mass is 9.99. The topological polar surface area (TPSA) is 17.1 Å². The highest BCUT2D eigenvalue weighted by Gasteiger charge is 2.37. The van der Waals surface area contributed by atoms with E-state index in [1.807, 2.05) is 0 Å². The average Bonchev–Trinajstić information content (AvgIpc) is 2.01. The quantitative estimate of drug-likeness (QED) is 0.589. The van der Waals surface area contributed by atoms with Gasteiger partial charge >= 0.3 is 4.83 Å². The van der Waals surface area contributed by atoms with Crippen molar-refractivity contribution in [1.82, 2.24) is 0 Å². The van der Waals surface area contributed by atoms with E-state index in [0.29, 0.717) is 11.1 Å². The number of hydrogen-bond donors (Lipinski definition) is 0. The molecule has 0 saturated carbocycles. The van der Waals surface area contributed by atoms with Gasteiger partial charge in [-0.2, -0.15) is 8.78 Å². The van der Waals surface area contributed by atoms with E-state index in [4.69, 9.17) is 0 Å². The predicted octanol–water partition coefficient (Wildman–Crippen LogP) is 3.47. The summed E-state index contributed by atoms with van der Waals surface area (Å²) in [4.78, 5) is 7.83. The number of carbonyl (C=O) groups excluding carboxylic acids is 1. The van der Waals surface area contributed by atoms with Crippen LogP contribution in [0.1, 0.15) is 21.5 Å². The SMILES string of the molecule is Cc1cccc(C)c1C(=O)C(F)(F)Br. The Morgan fingerprint density at radius 1 is 1.29 bits per heavy atom. The summed E-state index contributed by atoms with van der Waals surface area (Å²) in [5.41, 5.74) is 1.22. The molecule has 0 spiro atoms. The molecule has 0 atom stereocenters. The van der Waals surface area contributed by atoms with Gasteiger partial charge in [0.25, 0.3) is 0 Å². The molecule has 0 amide bonds. The van der Waals surface area contributed by atoms with E-state index in [1.165, 1.54) is 0 Å². The third-order valence-electron chi connectivity index (χ3n) is 1.97. The van der Waals surface area contributed by atoms with Crippen molar-refractivity contribution in [2.45, 2.75) is 18.7 Å². The Balaban J connectivity index is 3.26. The first-order valence-electron chi connectivity index (χ1n) is 4.02. The molecule has 0 saturated heterocycles. The Kier molecular flexibility index (Phi) is 3.04. The van der Waals surface area contributed by atoms with Gasteiger partial charge in [0, 0.05) is 5.56 Å². The van der Waals surface area contributed by atoms with Gasteiger partial charge in [-0.25, -0.2) is 0 Å². The van der Waals surface area contributed by atoms with Crippen LogP contribution in [-0.2, 0) is 0 Å². The zero-order valence-corrected chi connectivity index (χ0v) is 9.36. The van der Waals surface area contributed by atoms with Crippen molar-refractivity contribution in [3.63, 3.8) is 0 Å². The third kappa shape index (κ3) is 2.18. The number of rotatable bonds is 2. The highest BCUT2D eigenvalue weighted by molar-refractivity contribution is 9.10. The van der Waals surface area contributed by atoms with E-state index < -0.39 is 10.6 Å². The molecular weight excluding hydrogens is 254 g/mol. The molecule has 4 heteroatoms. The molecule has 76 valence electrons. The molecule has 0 aromatic heterocycles. The lowest BCUT2D eigenvalue weighted by Gasteiger charge is -2.11. The molecule has 0 radical (unpaired) electrons. The van der Waals surface area contributed by atoms with Gasteiger partial charge in [0.1, 0.15) is 0 Å². The molecule has 1 aromatic carbocycles. The van der Waals surface area contributed by atoms with Gasteiger partial charge in [-0.3, -0.25) is 4.79 Å². The number of halogens is 3. The van der Waals surface area contributed by atoms with E-state index >= 15 is 0 Å². The fraction of sp³-hybridized carbons (Fsp3) is 0.300. The first-order valence-corrected chi connectivity index (χ1v) is 4.81. The molecule has 1 rings (SSSR count). The largest absolute Gasteiger partial charge is 0.363 e. The van der Waals surface area contributed by atoms with Gasteiger partial charge in [-0.15, -0.1) is 0 Å². The highest BCUT2D eigenvalue weighted by atomic mass is 79.9. The normalized spacial score (nSPS) is 11.5. The predicted molar refractivity (Wildman–Crippen MR) is 54.1 cm³/mol. The molecule has 0 fully saturated rings. The molecule has 1 nitrogen and oxygen atoms in total. The minimum Gasteiger partial charge on any atom is -0.286 e. The maximum absolute atomic E-state index is 12.7. The summed E-state index contributed by atoms with van der Waals surface area (Å²) in [5.74, 6) is -1.19. The van der Waals surface area contributed by atoms with Gasteiger partial charge in [0.2, 0.25) is 5.78 Å². The lowest BCUT2D eigenvalue weighted by molar-refractivity contribution is 0.0591. The Hall–Kier alpha value is -0.770. The van der Waals surface area contributed by atoms with Crippen molar-refractivity contribution in [1.29, 1.82) is 0 Å². The van der Waals surface area contributed by atoms with Crippen LogP contribution in [0.5, 0.6) is 0 Å². The first-order chi connectivity index (χ1) is 6.34. The maximum atomic E-state index is 12.7. The van der Waals surface area contributed by atoms with Crippen LogP contribution in [0.2, 0.25) is 0 Å². The van der Waals surface area contributed by atoms with E-state index in [1.54, 1.807) is 32.0 Å². The van der Waals surface area contributed by atoms with Crippen molar-refractivity contribution in [2.24, 2.45) is 0 Å². The number of carbonyl (C=O) groups is 1. The van der Waals surface area contributed by atoms with E-state index in [9.17, 15) is 13.6 Å². The van der Waals surface area contributed by atoms with Crippen LogP contribution in [0.25, 0.3) is 0 Å². The Morgan fingerprint density at radius 3 is 2.07 bits per heavy atom. The lowest BCUT2D eigenvalue weighted by Crippen LogP contribution is -2.22. The van der Waals surface area contributed by atoms with Crippen LogP contribution in [-0.4, -0.2) is 10.6 Å². The monoisotopic (exact) mass is 262 g/mol. The summed E-state index contributed by atoms with van der Waals surface area (Å²) in [6.07, 6.45) is 0. The van der Waals surface area contributed by atoms with Gasteiger partial charge in [0.15, 0.2) is 0 Å². The number of Topliss-reactive ketones (excluding diaryl/α,β-unsaturated/α-hetero) is 1. The maximum Gasteiger partial charge on any atom is 0.363 e.